The molecule has 1 aliphatic heterocycles. The highest BCUT2D eigenvalue weighted by Gasteiger charge is 2.39. The number of rotatable bonds is 4. The SMILES string of the molecule is COC1=CC2CCn3c(C(=O)N(C)C(C)(C)C)nc(-c4cccs4)c3C2C=C1c1cccnc1. The number of ether oxygens (including phenoxy) is 1. The lowest BCUT2D eigenvalue weighted by molar-refractivity contribution is 0.0636. The Morgan fingerprint density at radius 3 is 2.71 bits per heavy atom. The number of aromatic nitrogens is 3. The van der Waals surface area contributed by atoms with Gasteiger partial charge in [0.25, 0.3) is 5.91 Å². The number of carbonyl (C=O) groups excluding carboxylic acids is 1. The van der Waals surface area contributed by atoms with E-state index in [4.69, 9.17) is 9.72 Å². The van der Waals surface area contributed by atoms with Crippen molar-refractivity contribution in [2.75, 3.05) is 14.2 Å². The van der Waals surface area contributed by atoms with E-state index in [1.807, 2.05) is 46.1 Å². The highest BCUT2D eigenvalue weighted by atomic mass is 32.1. The van der Waals surface area contributed by atoms with Gasteiger partial charge >= 0.3 is 0 Å². The highest BCUT2D eigenvalue weighted by molar-refractivity contribution is 7.13. The molecule has 4 heterocycles. The van der Waals surface area contributed by atoms with Crippen LogP contribution in [0.2, 0.25) is 0 Å². The number of thiophene rings is 1. The quantitative estimate of drug-likeness (QED) is 0.493. The number of hydrogen-bond donors (Lipinski definition) is 0. The van der Waals surface area contributed by atoms with Crippen LogP contribution in [-0.2, 0) is 11.3 Å². The number of imidazole rings is 1. The maximum Gasteiger partial charge on any atom is 0.290 e. The van der Waals surface area contributed by atoms with Gasteiger partial charge < -0.3 is 14.2 Å². The van der Waals surface area contributed by atoms with Gasteiger partial charge in [-0.05, 0) is 56.7 Å². The van der Waals surface area contributed by atoms with E-state index in [1.54, 1.807) is 29.5 Å². The first-order valence-corrected chi connectivity index (χ1v) is 12.5. The maximum absolute atomic E-state index is 13.6. The number of pyridine rings is 1. The van der Waals surface area contributed by atoms with Crippen molar-refractivity contribution in [1.82, 2.24) is 19.4 Å². The second kappa shape index (κ2) is 8.55. The van der Waals surface area contributed by atoms with Gasteiger partial charge in [-0.25, -0.2) is 4.98 Å². The van der Waals surface area contributed by atoms with Crippen LogP contribution in [0.1, 0.15) is 55.0 Å². The van der Waals surface area contributed by atoms with Gasteiger partial charge in [0.05, 0.1) is 17.7 Å². The predicted molar refractivity (Wildman–Crippen MR) is 136 cm³/mol. The van der Waals surface area contributed by atoms with Gasteiger partial charge in [-0.2, -0.15) is 0 Å². The van der Waals surface area contributed by atoms with Crippen molar-refractivity contribution < 1.29 is 9.53 Å². The topological polar surface area (TPSA) is 60.2 Å². The van der Waals surface area contributed by atoms with Crippen molar-refractivity contribution in [2.45, 2.75) is 45.2 Å². The van der Waals surface area contributed by atoms with Gasteiger partial charge in [-0.3, -0.25) is 9.78 Å². The van der Waals surface area contributed by atoms with Gasteiger partial charge in [0.15, 0.2) is 5.82 Å². The normalized spacial score (nSPS) is 19.6. The molecule has 0 radical (unpaired) electrons. The second-order valence-electron chi connectivity index (χ2n) is 9.87. The average Bonchev–Trinajstić information content (AvgIpc) is 3.50. The Labute approximate surface area is 204 Å². The lowest BCUT2D eigenvalue weighted by Gasteiger charge is -2.35. The van der Waals surface area contributed by atoms with E-state index in [2.05, 4.69) is 39.2 Å². The molecular weight excluding hydrogens is 444 g/mol. The molecule has 176 valence electrons. The number of hydrogen-bond acceptors (Lipinski definition) is 5. The summed E-state index contributed by atoms with van der Waals surface area (Å²) in [4.78, 5) is 25.7. The minimum atomic E-state index is -0.294. The fourth-order valence-corrected chi connectivity index (χ4v) is 5.50. The number of fused-ring (bicyclic) bond motifs is 3. The van der Waals surface area contributed by atoms with Crippen LogP contribution in [0.15, 0.2) is 60.0 Å². The number of amides is 1. The summed E-state index contributed by atoms with van der Waals surface area (Å²) >= 11 is 1.66. The molecular formula is C27H30N4O2S. The zero-order chi connectivity index (χ0) is 24.0. The summed E-state index contributed by atoms with van der Waals surface area (Å²) in [5, 5.41) is 2.06. The maximum atomic E-state index is 13.6. The molecule has 0 bridgehead atoms. The summed E-state index contributed by atoms with van der Waals surface area (Å²) < 4.78 is 7.95. The Balaban J connectivity index is 1.68. The van der Waals surface area contributed by atoms with Gasteiger partial charge in [-0.15, -0.1) is 11.3 Å². The molecule has 5 rings (SSSR count). The summed E-state index contributed by atoms with van der Waals surface area (Å²) in [7, 11) is 3.58. The molecule has 0 fully saturated rings. The van der Waals surface area contributed by atoms with E-state index in [0.717, 1.165) is 46.1 Å². The zero-order valence-electron chi connectivity index (χ0n) is 20.3. The molecule has 0 saturated carbocycles. The van der Waals surface area contributed by atoms with Crippen LogP contribution >= 0.6 is 11.3 Å². The van der Waals surface area contributed by atoms with Gasteiger partial charge in [0, 0.05) is 48.6 Å². The minimum absolute atomic E-state index is 0.0459. The molecule has 0 spiro atoms. The zero-order valence-corrected chi connectivity index (χ0v) is 21.1. The van der Waals surface area contributed by atoms with E-state index in [-0.39, 0.29) is 23.3 Å². The summed E-state index contributed by atoms with van der Waals surface area (Å²) in [6.45, 7) is 6.88. The lowest BCUT2D eigenvalue weighted by atomic mass is 9.77. The van der Waals surface area contributed by atoms with E-state index < -0.39 is 0 Å². The molecule has 0 aromatic carbocycles. The van der Waals surface area contributed by atoms with Crippen LogP contribution in [0.4, 0.5) is 0 Å². The molecule has 1 aliphatic carbocycles. The largest absolute Gasteiger partial charge is 0.496 e. The van der Waals surface area contributed by atoms with Crippen LogP contribution in [-0.4, -0.2) is 45.0 Å². The Kier molecular flexibility index (Phi) is 5.68. The molecule has 2 aliphatic rings. The van der Waals surface area contributed by atoms with Crippen molar-refractivity contribution in [1.29, 1.82) is 0 Å². The van der Waals surface area contributed by atoms with Gasteiger partial charge in [0.1, 0.15) is 11.5 Å². The monoisotopic (exact) mass is 474 g/mol. The first-order valence-electron chi connectivity index (χ1n) is 11.6. The van der Waals surface area contributed by atoms with Crippen molar-refractivity contribution in [3.8, 4) is 10.6 Å². The first-order chi connectivity index (χ1) is 16.3. The van der Waals surface area contributed by atoms with Crippen LogP contribution < -0.4 is 0 Å². The molecule has 6 nitrogen and oxygen atoms in total. The fourth-order valence-electron chi connectivity index (χ4n) is 4.78. The van der Waals surface area contributed by atoms with Crippen LogP contribution in [0.25, 0.3) is 16.1 Å². The molecule has 7 heteroatoms. The Bertz CT molecular complexity index is 1270. The van der Waals surface area contributed by atoms with Crippen molar-refractivity contribution >= 4 is 22.8 Å². The molecule has 2 unspecified atom stereocenters. The van der Waals surface area contributed by atoms with Crippen molar-refractivity contribution in [3.05, 3.63) is 77.0 Å². The Morgan fingerprint density at radius 1 is 1.24 bits per heavy atom. The number of allylic oxidation sites excluding steroid dienone is 3. The molecule has 0 N–H and O–H groups in total. The van der Waals surface area contributed by atoms with Gasteiger partial charge in [-0.1, -0.05) is 18.2 Å². The number of carbonyl (C=O) groups is 1. The van der Waals surface area contributed by atoms with Crippen molar-refractivity contribution in [3.63, 3.8) is 0 Å². The first kappa shape index (κ1) is 22.6. The fraction of sp³-hybridized carbons (Fsp3) is 0.370. The summed E-state index contributed by atoms with van der Waals surface area (Å²) in [5.41, 5.74) is 3.77. The number of methoxy groups -OCH3 is 1. The third kappa shape index (κ3) is 3.78. The molecule has 0 saturated heterocycles. The highest BCUT2D eigenvalue weighted by Crippen LogP contribution is 2.47. The number of nitrogens with zero attached hydrogens (tertiary/aromatic N) is 4. The smallest absolute Gasteiger partial charge is 0.290 e. The van der Waals surface area contributed by atoms with Crippen LogP contribution in [0.3, 0.4) is 0 Å². The molecule has 3 aromatic rings. The molecule has 2 atom stereocenters. The average molecular weight is 475 g/mol. The summed E-state index contributed by atoms with van der Waals surface area (Å²) in [5.74, 6) is 1.72. The van der Waals surface area contributed by atoms with E-state index in [1.165, 1.54) is 0 Å². The summed E-state index contributed by atoms with van der Waals surface area (Å²) in [6.07, 6.45) is 9.09. The standard InChI is InChI=1S/C27H30N4O2S/c1-27(2,3)30(4)26(32)25-29-23(22-9-7-13-34-22)24-20-15-19(18-8-6-11-28-16-18)21(33-5)14-17(20)10-12-31(24)25/h6-9,11,13-17,20H,10,12H2,1-5H3. The third-order valence-electron chi connectivity index (χ3n) is 6.90. The van der Waals surface area contributed by atoms with E-state index in [9.17, 15) is 4.79 Å². The van der Waals surface area contributed by atoms with Crippen LogP contribution in [0, 0.1) is 5.92 Å². The predicted octanol–water partition coefficient (Wildman–Crippen LogP) is 5.61. The lowest BCUT2D eigenvalue weighted by Crippen LogP contribution is -2.43. The molecule has 1 amide bonds. The Morgan fingerprint density at radius 2 is 2.06 bits per heavy atom. The minimum Gasteiger partial charge on any atom is -0.496 e. The third-order valence-corrected chi connectivity index (χ3v) is 7.77. The van der Waals surface area contributed by atoms with Crippen molar-refractivity contribution in [2.24, 2.45) is 5.92 Å². The van der Waals surface area contributed by atoms with E-state index in [0.29, 0.717) is 5.82 Å². The summed E-state index contributed by atoms with van der Waals surface area (Å²) in [6, 6.07) is 8.12. The molecule has 34 heavy (non-hydrogen) atoms. The van der Waals surface area contributed by atoms with Crippen LogP contribution in [0.5, 0.6) is 0 Å². The van der Waals surface area contributed by atoms with E-state index >= 15 is 0 Å². The second-order valence-corrected chi connectivity index (χ2v) is 10.8. The van der Waals surface area contributed by atoms with Gasteiger partial charge in [0.2, 0.25) is 0 Å². The molecule has 3 aromatic heterocycles. The Hall–Kier alpha value is -3.19.